The van der Waals surface area contributed by atoms with Gasteiger partial charge in [-0.25, -0.2) is 4.39 Å². The predicted octanol–water partition coefficient (Wildman–Crippen LogP) is 3.93. The lowest BCUT2D eigenvalue weighted by Crippen LogP contribution is -2.49. The van der Waals surface area contributed by atoms with Crippen LogP contribution in [0.15, 0.2) is 42.5 Å². The molecule has 2 aromatic carbocycles. The molecule has 1 N–H and O–H groups in total. The fourth-order valence-corrected chi connectivity index (χ4v) is 3.03. The molecule has 0 bridgehead atoms. The Morgan fingerprint density at radius 1 is 1.04 bits per heavy atom. The SMILES string of the molecule is Cc1ccc(C)c(CC(=O)N(Cc2ccc(F)cc2)C(C)C(=O)NC(C)C)c1. The number of nitrogens with one attached hydrogen (secondary N) is 1. The zero-order valence-electron chi connectivity index (χ0n) is 17.3. The normalized spacial score (nSPS) is 12.0. The second kappa shape index (κ2) is 9.49. The van der Waals surface area contributed by atoms with Gasteiger partial charge in [0.25, 0.3) is 0 Å². The van der Waals surface area contributed by atoms with E-state index in [1.807, 2.05) is 45.9 Å². The Balaban J connectivity index is 2.27. The lowest BCUT2D eigenvalue weighted by Gasteiger charge is -2.29. The highest BCUT2D eigenvalue weighted by Gasteiger charge is 2.26. The van der Waals surface area contributed by atoms with Gasteiger partial charge in [-0.2, -0.15) is 0 Å². The molecule has 0 aromatic heterocycles. The van der Waals surface area contributed by atoms with Crippen molar-refractivity contribution in [2.45, 2.75) is 59.7 Å². The fraction of sp³-hybridized carbons (Fsp3) is 0.391. The number of carbonyl (C=O) groups is 2. The Morgan fingerprint density at radius 3 is 2.29 bits per heavy atom. The minimum absolute atomic E-state index is 0.0169. The second-order valence-corrected chi connectivity index (χ2v) is 7.59. The molecule has 5 heteroatoms. The number of halogens is 1. The molecule has 1 unspecified atom stereocenters. The van der Waals surface area contributed by atoms with Crippen molar-refractivity contribution in [1.29, 1.82) is 0 Å². The first-order valence-corrected chi connectivity index (χ1v) is 9.57. The first-order valence-electron chi connectivity index (χ1n) is 9.57. The van der Waals surface area contributed by atoms with Crippen LogP contribution in [0.1, 0.15) is 43.0 Å². The molecule has 4 nitrogen and oxygen atoms in total. The highest BCUT2D eigenvalue weighted by molar-refractivity contribution is 5.88. The van der Waals surface area contributed by atoms with Crippen molar-refractivity contribution >= 4 is 11.8 Å². The van der Waals surface area contributed by atoms with Crippen LogP contribution in [-0.2, 0) is 22.6 Å². The van der Waals surface area contributed by atoms with Gasteiger partial charge >= 0.3 is 0 Å². The van der Waals surface area contributed by atoms with E-state index in [1.165, 1.54) is 12.1 Å². The van der Waals surface area contributed by atoms with E-state index in [4.69, 9.17) is 0 Å². The Kier molecular flexibility index (Phi) is 7.32. The number of nitrogens with zero attached hydrogens (tertiary/aromatic N) is 1. The molecule has 0 fully saturated rings. The molecule has 0 spiro atoms. The highest BCUT2D eigenvalue weighted by Crippen LogP contribution is 2.16. The van der Waals surface area contributed by atoms with Gasteiger partial charge in [0.15, 0.2) is 0 Å². The van der Waals surface area contributed by atoms with Crippen LogP contribution >= 0.6 is 0 Å². The molecule has 150 valence electrons. The molecule has 0 saturated heterocycles. The van der Waals surface area contributed by atoms with Gasteiger partial charge in [-0.15, -0.1) is 0 Å². The summed E-state index contributed by atoms with van der Waals surface area (Å²) in [5.41, 5.74) is 3.86. The lowest BCUT2D eigenvalue weighted by molar-refractivity contribution is -0.140. The third-order valence-corrected chi connectivity index (χ3v) is 4.71. The maximum atomic E-state index is 13.2. The van der Waals surface area contributed by atoms with Crippen LogP contribution in [0, 0.1) is 19.7 Å². The van der Waals surface area contributed by atoms with Gasteiger partial charge in [-0.05, 0) is 63.4 Å². The smallest absolute Gasteiger partial charge is 0.242 e. The zero-order chi connectivity index (χ0) is 20.8. The molecule has 28 heavy (non-hydrogen) atoms. The largest absolute Gasteiger partial charge is 0.352 e. The number of rotatable bonds is 7. The van der Waals surface area contributed by atoms with Crippen LogP contribution in [0.25, 0.3) is 0 Å². The Hall–Kier alpha value is -2.69. The van der Waals surface area contributed by atoms with Crippen molar-refractivity contribution in [2.24, 2.45) is 0 Å². The molecule has 2 aromatic rings. The Bertz CT molecular complexity index is 831. The van der Waals surface area contributed by atoms with Gasteiger partial charge in [0.05, 0.1) is 6.42 Å². The van der Waals surface area contributed by atoms with Crippen molar-refractivity contribution in [3.8, 4) is 0 Å². The summed E-state index contributed by atoms with van der Waals surface area (Å²) in [7, 11) is 0. The number of hydrogen-bond acceptors (Lipinski definition) is 2. The van der Waals surface area contributed by atoms with Gasteiger partial charge in [0.2, 0.25) is 11.8 Å². The third kappa shape index (κ3) is 5.91. The maximum Gasteiger partial charge on any atom is 0.242 e. The van der Waals surface area contributed by atoms with E-state index in [9.17, 15) is 14.0 Å². The fourth-order valence-electron chi connectivity index (χ4n) is 3.03. The molecule has 0 radical (unpaired) electrons. The third-order valence-electron chi connectivity index (χ3n) is 4.71. The molecule has 0 aliphatic heterocycles. The van der Waals surface area contributed by atoms with Gasteiger partial charge in [-0.3, -0.25) is 9.59 Å². The first-order chi connectivity index (χ1) is 13.2. The summed E-state index contributed by atoms with van der Waals surface area (Å²) in [5, 5.41) is 2.86. The molecule has 0 aliphatic rings. The minimum atomic E-state index is -0.634. The van der Waals surface area contributed by atoms with Gasteiger partial charge in [0.1, 0.15) is 11.9 Å². The van der Waals surface area contributed by atoms with Crippen LogP contribution in [0.2, 0.25) is 0 Å². The van der Waals surface area contributed by atoms with Crippen molar-refractivity contribution in [1.82, 2.24) is 10.2 Å². The van der Waals surface area contributed by atoms with Crippen molar-refractivity contribution in [3.63, 3.8) is 0 Å². The average molecular weight is 384 g/mol. The topological polar surface area (TPSA) is 49.4 Å². The molecular formula is C23H29FN2O2. The highest BCUT2D eigenvalue weighted by atomic mass is 19.1. The Morgan fingerprint density at radius 2 is 1.68 bits per heavy atom. The zero-order valence-corrected chi connectivity index (χ0v) is 17.3. The van der Waals surface area contributed by atoms with Crippen LogP contribution < -0.4 is 5.32 Å². The van der Waals surface area contributed by atoms with Crippen LogP contribution in [-0.4, -0.2) is 28.8 Å². The molecule has 0 aliphatic carbocycles. The van der Waals surface area contributed by atoms with Crippen LogP contribution in [0.3, 0.4) is 0 Å². The van der Waals surface area contributed by atoms with E-state index in [1.54, 1.807) is 24.0 Å². The van der Waals surface area contributed by atoms with Crippen molar-refractivity contribution < 1.29 is 14.0 Å². The van der Waals surface area contributed by atoms with Crippen molar-refractivity contribution in [3.05, 3.63) is 70.5 Å². The number of carbonyl (C=O) groups excluding carboxylic acids is 2. The van der Waals surface area contributed by atoms with Gasteiger partial charge in [-0.1, -0.05) is 35.9 Å². The van der Waals surface area contributed by atoms with E-state index in [0.717, 1.165) is 22.3 Å². The van der Waals surface area contributed by atoms with E-state index in [2.05, 4.69) is 5.32 Å². The summed E-state index contributed by atoms with van der Waals surface area (Å²) >= 11 is 0. The number of hydrogen-bond donors (Lipinski definition) is 1. The molecule has 2 rings (SSSR count). The molecule has 1 atom stereocenters. The monoisotopic (exact) mass is 384 g/mol. The molecule has 2 amide bonds. The van der Waals surface area contributed by atoms with E-state index in [0.29, 0.717) is 0 Å². The average Bonchev–Trinajstić information content (AvgIpc) is 2.63. The molecule has 0 saturated carbocycles. The van der Waals surface area contributed by atoms with E-state index in [-0.39, 0.29) is 36.6 Å². The minimum Gasteiger partial charge on any atom is -0.352 e. The maximum absolute atomic E-state index is 13.2. The second-order valence-electron chi connectivity index (χ2n) is 7.59. The quantitative estimate of drug-likeness (QED) is 0.786. The summed E-state index contributed by atoms with van der Waals surface area (Å²) in [6.45, 7) is 9.70. The van der Waals surface area contributed by atoms with Crippen LogP contribution in [0.5, 0.6) is 0 Å². The first kappa shape index (κ1) is 21.6. The summed E-state index contributed by atoms with van der Waals surface area (Å²) in [5.74, 6) is -0.668. The number of aryl methyl sites for hydroxylation is 2. The van der Waals surface area contributed by atoms with E-state index >= 15 is 0 Å². The van der Waals surface area contributed by atoms with Crippen LogP contribution in [0.4, 0.5) is 4.39 Å². The van der Waals surface area contributed by atoms with Gasteiger partial charge < -0.3 is 10.2 Å². The van der Waals surface area contributed by atoms with Gasteiger partial charge in [0, 0.05) is 12.6 Å². The molecule has 0 heterocycles. The summed E-state index contributed by atoms with van der Waals surface area (Å²) in [6, 6.07) is 11.4. The summed E-state index contributed by atoms with van der Waals surface area (Å²) < 4.78 is 13.2. The predicted molar refractivity (Wildman–Crippen MR) is 109 cm³/mol. The summed E-state index contributed by atoms with van der Waals surface area (Å²) in [4.78, 5) is 27.3. The standard InChI is InChI=1S/C23H29FN2O2/c1-15(2)25-23(28)18(5)26(14-19-8-10-21(24)11-9-19)22(27)13-20-12-16(3)6-7-17(20)4/h6-12,15,18H,13-14H2,1-5H3,(H,25,28). The molecular weight excluding hydrogens is 355 g/mol. The Labute approximate surface area is 166 Å². The number of benzene rings is 2. The van der Waals surface area contributed by atoms with E-state index < -0.39 is 6.04 Å². The number of amides is 2. The van der Waals surface area contributed by atoms with Crippen molar-refractivity contribution in [2.75, 3.05) is 0 Å². The lowest BCUT2D eigenvalue weighted by atomic mass is 10.0. The summed E-state index contributed by atoms with van der Waals surface area (Å²) in [6.07, 6.45) is 0.216.